The summed E-state index contributed by atoms with van der Waals surface area (Å²) in [7, 11) is 0. The van der Waals surface area contributed by atoms with Gasteiger partial charge in [0.2, 0.25) is 11.0 Å². The van der Waals surface area contributed by atoms with Crippen molar-refractivity contribution in [1.82, 2.24) is 10.2 Å². The molecule has 1 aliphatic carbocycles. The number of benzene rings is 2. The number of anilines is 2. The van der Waals surface area contributed by atoms with Gasteiger partial charge < -0.3 is 11.1 Å². The number of halogens is 2. The van der Waals surface area contributed by atoms with Crippen molar-refractivity contribution in [3.63, 3.8) is 0 Å². The third-order valence-corrected chi connectivity index (χ3v) is 9.60. The van der Waals surface area contributed by atoms with Crippen LogP contribution in [0.2, 0.25) is 5.02 Å². The lowest BCUT2D eigenvalue weighted by atomic mass is 9.68. The van der Waals surface area contributed by atoms with E-state index < -0.39 is 17.2 Å². The molecular weight excluding hydrogens is 595 g/mol. The number of allylic oxidation sites excluding steroid dienone is 3. The molecule has 1 amide bonds. The molecule has 0 fully saturated rings. The number of amides is 1. The van der Waals surface area contributed by atoms with E-state index in [4.69, 9.17) is 17.3 Å². The molecule has 0 saturated heterocycles. The summed E-state index contributed by atoms with van der Waals surface area (Å²) in [4.78, 5) is 27.8. The van der Waals surface area contributed by atoms with E-state index in [0.29, 0.717) is 27.3 Å². The Balaban J connectivity index is 1.46. The molecule has 0 bridgehead atoms. The zero-order valence-electron chi connectivity index (χ0n) is 23.2. The van der Waals surface area contributed by atoms with Crippen LogP contribution in [0.5, 0.6) is 0 Å². The van der Waals surface area contributed by atoms with E-state index in [2.05, 4.69) is 28.5 Å². The van der Waals surface area contributed by atoms with Gasteiger partial charge in [0.1, 0.15) is 11.6 Å². The predicted molar refractivity (Wildman–Crippen MR) is 164 cm³/mol. The van der Waals surface area contributed by atoms with Gasteiger partial charge in [-0.3, -0.25) is 14.5 Å². The number of rotatable bonds is 7. The molecule has 3 aromatic rings. The lowest BCUT2D eigenvalue weighted by molar-refractivity contribution is -0.118. The number of nitrogens with zero attached hydrogens (tertiary/aromatic N) is 4. The molecule has 0 radical (unpaired) electrons. The van der Waals surface area contributed by atoms with Crippen molar-refractivity contribution >= 4 is 57.2 Å². The molecule has 0 saturated carbocycles. The summed E-state index contributed by atoms with van der Waals surface area (Å²) in [6.07, 6.45) is 1.56. The summed E-state index contributed by atoms with van der Waals surface area (Å²) in [6.45, 7) is 6.00. The minimum Gasteiger partial charge on any atom is -0.384 e. The highest BCUT2D eigenvalue weighted by Crippen LogP contribution is 2.52. The SMILES string of the molecule is CCc1ccc(NC(=O)CSc2nnc(N3C(N)=C(C#N)C(c4c(F)cccc4Cl)C4=C3CC(C)(C)CC4=O)s2)cc1. The monoisotopic (exact) mass is 622 g/mol. The number of Topliss-reactive ketones (excluding diaryl/α,β-unsaturated/α-hetero) is 1. The second-order valence-corrected chi connectivity index (χ2v) is 13.4. The van der Waals surface area contributed by atoms with Crippen LogP contribution < -0.4 is 16.0 Å². The van der Waals surface area contributed by atoms with Crippen LogP contribution in [0, 0.1) is 22.6 Å². The molecule has 216 valence electrons. The number of aromatic nitrogens is 2. The maximum absolute atomic E-state index is 15.2. The highest BCUT2D eigenvalue weighted by Gasteiger charge is 2.46. The summed E-state index contributed by atoms with van der Waals surface area (Å²) >= 11 is 8.83. The van der Waals surface area contributed by atoms with Crippen LogP contribution in [0.25, 0.3) is 0 Å². The fourth-order valence-electron chi connectivity index (χ4n) is 5.30. The topological polar surface area (TPSA) is 125 Å². The minimum absolute atomic E-state index is 0.00618. The first-order valence-corrected chi connectivity index (χ1v) is 15.5. The molecule has 2 aromatic carbocycles. The highest BCUT2D eigenvalue weighted by atomic mass is 35.5. The summed E-state index contributed by atoms with van der Waals surface area (Å²) in [5.74, 6) is -1.94. The van der Waals surface area contributed by atoms with Crippen molar-refractivity contribution in [2.24, 2.45) is 11.1 Å². The van der Waals surface area contributed by atoms with Crippen LogP contribution in [0.1, 0.15) is 50.7 Å². The summed E-state index contributed by atoms with van der Waals surface area (Å²) in [5.41, 5.74) is 8.95. The lowest BCUT2D eigenvalue weighted by Crippen LogP contribution is -2.42. The Morgan fingerprint density at radius 3 is 2.67 bits per heavy atom. The van der Waals surface area contributed by atoms with Gasteiger partial charge in [-0.2, -0.15) is 5.26 Å². The van der Waals surface area contributed by atoms with Crippen LogP contribution in [0.4, 0.5) is 15.2 Å². The first-order valence-electron chi connectivity index (χ1n) is 13.3. The van der Waals surface area contributed by atoms with Crippen molar-refractivity contribution in [2.75, 3.05) is 16.0 Å². The smallest absolute Gasteiger partial charge is 0.234 e. The normalized spacial score (nSPS) is 18.1. The molecule has 42 heavy (non-hydrogen) atoms. The molecule has 1 atom stereocenters. The Hall–Kier alpha value is -3.72. The van der Waals surface area contributed by atoms with E-state index in [1.807, 2.05) is 38.1 Å². The first-order chi connectivity index (χ1) is 20.0. The Kier molecular flexibility index (Phi) is 8.42. The number of ketones is 1. The number of hydrogen-bond acceptors (Lipinski definition) is 9. The fourth-order valence-corrected chi connectivity index (χ4v) is 7.25. The highest BCUT2D eigenvalue weighted by molar-refractivity contribution is 8.01. The molecule has 2 heterocycles. The van der Waals surface area contributed by atoms with E-state index in [0.717, 1.165) is 6.42 Å². The van der Waals surface area contributed by atoms with Gasteiger partial charge in [-0.1, -0.05) is 73.7 Å². The summed E-state index contributed by atoms with van der Waals surface area (Å²) < 4.78 is 15.7. The molecule has 8 nitrogen and oxygen atoms in total. The standard InChI is InChI=1S/C30H28ClFN6O2S2/c1-4-16-8-10-17(11-9-16)35-23(40)15-41-29-37-36-28(42-29)38-21-12-30(2,3)13-22(39)26(21)24(18(14-33)27(38)34)25-19(31)6-5-7-20(25)32/h5-11,24H,4,12-13,15,34H2,1-3H3,(H,35,40). The van der Waals surface area contributed by atoms with Gasteiger partial charge in [-0.15, -0.1) is 10.2 Å². The van der Waals surface area contributed by atoms with Gasteiger partial charge >= 0.3 is 0 Å². The molecule has 0 spiro atoms. The number of carbonyl (C=O) groups is 2. The van der Waals surface area contributed by atoms with Crippen molar-refractivity contribution in [2.45, 2.75) is 50.3 Å². The van der Waals surface area contributed by atoms with Crippen molar-refractivity contribution in [3.8, 4) is 6.07 Å². The van der Waals surface area contributed by atoms with Gasteiger partial charge in [0, 0.05) is 34.0 Å². The molecule has 12 heteroatoms. The van der Waals surface area contributed by atoms with Gasteiger partial charge in [0.25, 0.3) is 0 Å². The van der Waals surface area contributed by atoms with Gasteiger partial charge in [0.15, 0.2) is 10.1 Å². The zero-order chi connectivity index (χ0) is 30.2. The Bertz CT molecular complexity index is 1660. The first kappa shape index (κ1) is 29.8. The maximum Gasteiger partial charge on any atom is 0.234 e. The number of thioether (sulfide) groups is 1. The van der Waals surface area contributed by atoms with Gasteiger partial charge in [-0.25, -0.2) is 4.39 Å². The Labute approximate surface area is 256 Å². The van der Waals surface area contributed by atoms with Crippen LogP contribution in [-0.4, -0.2) is 27.6 Å². The van der Waals surface area contributed by atoms with E-state index in [1.165, 1.54) is 46.9 Å². The Morgan fingerprint density at radius 2 is 2.00 bits per heavy atom. The number of nitriles is 1. The Morgan fingerprint density at radius 1 is 1.26 bits per heavy atom. The molecular formula is C30H28ClFN6O2S2. The predicted octanol–water partition coefficient (Wildman–Crippen LogP) is 6.56. The average molecular weight is 623 g/mol. The van der Waals surface area contributed by atoms with Gasteiger partial charge in [0.05, 0.1) is 23.3 Å². The molecule has 5 rings (SSSR count). The van der Waals surface area contributed by atoms with E-state index >= 15 is 4.39 Å². The summed E-state index contributed by atoms with van der Waals surface area (Å²) in [5, 5.41) is 22.1. The molecule has 2 aliphatic rings. The molecule has 1 aromatic heterocycles. The number of nitrogens with two attached hydrogens (primary N) is 1. The second-order valence-electron chi connectivity index (χ2n) is 10.9. The second kappa shape index (κ2) is 11.9. The summed E-state index contributed by atoms with van der Waals surface area (Å²) in [6, 6.07) is 14.0. The van der Waals surface area contributed by atoms with Crippen LogP contribution in [-0.2, 0) is 16.0 Å². The van der Waals surface area contributed by atoms with E-state index in [-0.39, 0.29) is 51.4 Å². The molecule has 1 aliphatic heterocycles. The van der Waals surface area contributed by atoms with Crippen molar-refractivity contribution in [3.05, 3.63) is 87.1 Å². The van der Waals surface area contributed by atoms with Crippen LogP contribution in [0.3, 0.4) is 0 Å². The number of aryl methyl sites for hydroxylation is 1. The minimum atomic E-state index is -1.05. The van der Waals surface area contributed by atoms with E-state index in [1.54, 1.807) is 4.90 Å². The average Bonchev–Trinajstić information content (AvgIpc) is 3.40. The number of carbonyl (C=O) groups excluding carboxylic acids is 2. The molecule has 1 unspecified atom stereocenters. The largest absolute Gasteiger partial charge is 0.384 e. The van der Waals surface area contributed by atoms with E-state index in [9.17, 15) is 14.9 Å². The van der Waals surface area contributed by atoms with Crippen molar-refractivity contribution in [1.29, 1.82) is 5.26 Å². The van der Waals surface area contributed by atoms with Gasteiger partial charge in [-0.05, 0) is 48.1 Å². The quantitative estimate of drug-likeness (QED) is 0.284. The number of hydrogen-bond donors (Lipinski definition) is 2. The molecule has 3 N–H and O–H groups in total. The van der Waals surface area contributed by atoms with Crippen LogP contribution >= 0.6 is 34.7 Å². The van der Waals surface area contributed by atoms with Crippen LogP contribution in [0.15, 0.2) is 69.5 Å². The third-order valence-electron chi connectivity index (χ3n) is 7.23. The maximum atomic E-state index is 15.2. The van der Waals surface area contributed by atoms with Crippen molar-refractivity contribution < 1.29 is 14.0 Å². The number of nitrogens with one attached hydrogen (secondary N) is 1. The lowest BCUT2D eigenvalue weighted by Gasteiger charge is -2.42. The third kappa shape index (κ3) is 5.79. The zero-order valence-corrected chi connectivity index (χ0v) is 25.6. The fraction of sp³-hybridized carbons (Fsp3) is 0.300.